The molecule has 8 heteroatoms. The highest BCUT2D eigenvalue weighted by atomic mass is 32.2. The molecule has 1 aliphatic rings. The number of ether oxygens (including phenoxy) is 2. The van der Waals surface area contributed by atoms with E-state index in [2.05, 4.69) is 9.97 Å². The molecule has 0 saturated heterocycles. The highest BCUT2D eigenvalue weighted by molar-refractivity contribution is 7.99. The van der Waals surface area contributed by atoms with Crippen LogP contribution in [0.15, 0.2) is 101 Å². The molecule has 6 rings (SSSR count). The summed E-state index contributed by atoms with van der Waals surface area (Å²) >= 11 is 1.61. The van der Waals surface area contributed by atoms with E-state index < -0.39 is 5.97 Å². The van der Waals surface area contributed by atoms with E-state index in [1.807, 2.05) is 72.8 Å². The predicted octanol–water partition coefficient (Wildman–Crippen LogP) is 6.22. The van der Waals surface area contributed by atoms with Gasteiger partial charge < -0.3 is 14.5 Å². The maximum atomic E-state index is 13.3. The lowest BCUT2D eigenvalue weighted by Crippen LogP contribution is -2.32. The molecule has 2 heterocycles. The summed E-state index contributed by atoms with van der Waals surface area (Å²) in [5, 5.41) is 0. The number of imidazole rings is 1. The summed E-state index contributed by atoms with van der Waals surface area (Å²) in [6.07, 6.45) is 0. The number of esters is 1. The third-order valence-corrected chi connectivity index (χ3v) is 7.22. The third-order valence-electron chi connectivity index (χ3n) is 6.09. The molecule has 37 heavy (non-hydrogen) atoms. The molecule has 0 fully saturated rings. The minimum absolute atomic E-state index is 0.321. The average molecular weight is 508 g/mol. The molecule has 1 N–H and O–H groups in total. The summed E-state index contributed by atoms with van der Waals surface area (Å²) in [5.41, 5.74) is 4.20. The van der Waals surface area contributed by atoms with Crippen molar-refractivity contribution in [2.45, 2.75) is 9.79 Å². The number of carbonyl (C=O) groups is 2. The number of benzene rings is 4. The van der Waals surface area contributed by atoms with Crippen LogP contribution in [-0.4, -0.2) is 35.6 Å². The lowest BCUT2D eigenvalue weighted by Gasteiger charge is -2.30. The highest BCUT2D eigenvalue weighted by Gasteiger charge is 2.28. The summed E-state index contributed by atoms with van der Waals surface area (Å²) in [7, 11) is 1.62. The van der Waals surface area contributed by atoms with E-state index in [1.54, 1.807) is 42.0 Å². The fourth-order valence-corrected chi connectivity index (χ4v) is 5.33. The number of nitrogens with zero attached hydrogens (tertiary/aromatic N) is 2. The Morgan fingerprint density at radius 2 is 1.57 bits per heavy atom. The van der Waals surface area contributed by atoms with E-state index in [1.165, 1.54) is 0 Å². The van der Waals surface area contributed by atoms with Gasteiger partial charge in [-0.3, -0.25) is 9.69 Å². The number of hydrogen-bond acceptors (Lipinski definition) is 6. The third kappa shape index (κ3) is 4.32. The van der Waals surface area contributed by atoms with Gasteiger partial charge in [-0.1, -0.05) is 36.0 Å². The van der Waals surface area contributed by atoms with Gasteiger partial charge in [0.1, 0.15) is 11.6 Å². The highest BCUT2D eigenvalue weighted by Crippen LogP contribution is 2.47. The van der Waals surface area contributed by atoms with Crippen LogP contribution in [0.1, 0.15) is 10.4 Å². The van der Waals surface area contributed by atoms with Crippen LogP contribution >= 0.6 is 11.8 Å². The number of fused-ring (bicyclic) bond motifs is 3. The molecule has 1 aliphatic heterocycles. The van der Waals surface area contributed by atoms with Crippen LogP contribution in [0, 0.1) is 0 Å². The molecule has 0 bridgehead atoms. The van der Waals surface area contributed by atoms with E-state index >= 15 is 0 Å². The SMILES string of the molecule is COc1ccc(-c2nc3ccc(C(=O)OCC(=O)N4c5ccccc5Sc5ccccc54)cc3[nH]2)cc1. The van der Waals surface area contributed by atoms with Gasteiger partial charge >= 0.3 is 5.97 Å². The fourth-order valence-electron chi connectivity index (χ4n) is 4.27. The van der Waals surface area contributed by atoms with Gasteiger partial charge in [0, 0.05) is 15.4 Å². The zero-order valence-electron chi connectivity index (χ0n) is 19.8. The number of methoxy groups -OCH3 is 1. The van der Waals surface area contributed by atoms with Gasteiger partial charge in [0.25, 0.3) is 5.91 Å². The van der Waals surface area contributed by atoms with E-state index in [0.29, 0.717) is 16.9 Å². The first-order chi connectivity index (χ1) is 18.1. The first-order valence-electron chi connectivity index (χ1n) is 11.6. The minimum Gasteiger partial charge on any atom is -0.497 e. The van der Waals surface area contributed by atoms with Crippen molar-refractivity contribution in [3.63, 3.8) is 0 Å². The maximum absolute atomic E-state index is 13.3. The molecule has 1 aromatic heterocycles. The van der Waals surface area contributed by atoms with Crippen molar-refractivity contribution in [1.82, 2.24) is 9.97 Å². The zero-order valence-corrected chi connectivity index (χ0v) is 20.6. The van der Waals surface area contributed by atoms with Crippen molar-refractivity contribution in [2.24, 2.45) is 0 Å². The summed E-state index contributed by atoms with van der Waals surface area (Å²) < 4.78 is 10.7. The topological polar surface area (TPSA) is 84.5 Å². The number of rotatable bonds is 5. The van der Waals surface area contributed by atoms with Gasteiger partial charge in [-0.2, -0.15) is 0 Å². The number of aromatic amines is 1. The molecule has 7 nitrogen and oxygen atoms in total. The van der Waals surface area contributed by atoms with Crippen LogP contribution in [0.4, 0.5) is 11.4 Å². The van der Waals surface area contributed by atoms with E-state index in [0.717, 1.165) is 38.0 Å². The van der Waals surface area contributed by atoms with E-state index in [-0.39, 0.29) is 12.5 Å². The van der Waals surface area contributed by atoms with Gasteiger partial charge in [-0.05, 0) is 66.7 Å². The fraction of sp³-hybridized carbons (Fsp3) is 0.0690. The van der Waals surface area contributed by atoms with Crippen LogP contribution in [0.2, 0.25) is 0 Å². The lowest BCUT2D eigenvalue weighted by atomic mass is 10.2. The Morgan fingerprint density at radius 1 is 0.892 bits per heavy atom. The van der Waals surface area contributed by atoms with Gasteiger partial charge in [0.05, 0.1) is 35.1 Å². The molecular formula is C29H21N3O4S. The molecule has 4 aromatic carbocycles. The largest absolute Gasteiger partial charge is 0.497 e. The molecule has 0 spiro atoms. The average Bonchev–Trinajstić information content (AvgIpc) is 3.38. The van der Waals surface area contributed by atoms with Crippen LogP contribution in [-0.2, 0) is 9.53 Å². The Balaban J connectivity index is 1.20. The van der Waals surface area contributed by atoms with E-state index in [4.69, 9.17) is 9.47 Å². The summed E-state index contributed by atoms with van der Waals surface area (Å²) in [4.78, 5) is 37.6. The number of anilines is 2. The quantitative estimate of drug-likeness (QED) is 0.284. The smallest absolute Gasteiger partial charge is 0.338 e. The number of hydrogen-bond donors (Lipinski definition) is 1. The Hall–Kier alpha value is -4.56. The molecule has 0 radical (unpaired) electrons. The number of H-pyrrole nitrogens is 1. The van der Waals surface area contributed by atoms with Gasteiger partial charge in [0.15, 0.2) is 6.61 Å². The van der Waals surface area contributed by atoms with E-state index in [9.17, 15) is 9.59 Å². The first kappa shape index (κ1) is 22.9. The van der Waals surface area contributed by atoms with Crippen molar-refractivity contribution in [3.8, 4) is 17.1 Å². The second-order valence-electron chi connectivity index (χ2n) is 8.39. The monoisotopic (exact) mass is 507 g/mol. The van der Waals surface area contributed by atoms with Gasteiger partial charge in [-0.15, -0.1) is 0 Å². The zero-order chi connectivity index (χ0) is 25.4. The first-order valence-corrected chi connectivity index (χ1v) is 12.4. The van der Waals surface area contributed by atoms with Crippen molar-refractivity contribution >= 4 is 46.0 Å². The van der Waals surface area contributed by atoms with Gasteiger partial charge in [0.2, 0.25) is 0 Å². The molecule has 0 saturated carbocycles. The number of amides is 1. The Morgan fingerprint density at radius 3 is 2.24 bits per heavy atom. The minimum atomic E-state index is -0.580. The summed E-state index contributed by atoms with van der Waals surface area (Å²) in [6.45, 7) is -0.385. The normalized spacial score (nSPS) is 12.1. The Bertz CT molecular complexity index is 1600. The summed E-state index contributed by atoms with van der Waals surface area (Å²) in [5.74, 6) is 0.537. The van der Waals surface area contributed by atoms with Crippen molar-refractivity contribution in [3.05, 3.63) is 96.6 Å². The van der Waals surface area contributed by atoms with Crippen LogP contribution in [0.25, 0.3) is 22.4 Å². The van der Waals surface area contributed by atoms with Crippen molar-refractivity contribution in [1.29, 1.82) is 0 Å². The second-order valence-corrected chi connectivity index (χ2v) is 9.47. The molecule has 5 aromatic rings. The second kappa shape index (κ2) is 9.48. The molecule has 1 amide bonds. The summed E-state index contributed by atoms with van der Waals surface area (Å²) in [6, 6.07) is 28.0. The number of aromatic nitrogens is 2. The van der Waals surface area contributed by atoms with Crippen LogP contribution in [0.3, 0.4) is 0 Å². The molecule has 0 atom stereocenters. The standard InChI is InChI=1S/C29H21N3O4S/c1-35-20-13-10-18(11-14-20)28-30-21-15-12-19(16-22(21)31-28)29(34)36-17-27(33)32-23-6-2-4-8-25(23)37-26-9-5-3-7-24(26)32/h2-16H,17H2,1H3,(H,30,31). The van der Waals surface area contributed by atoms with Crippen molar-refractivity contribution in [2.75, 3.05) is 18.6 Å². The van der Waals surface area contributed by atoms with Gasteiger partial charge in [-0.25, -0.2) is 9.78 Å². The van der Waals surface area contributed by atoms with Crippen LogP contribution in [0.5, 0.6) is 5.75 Å². The van der Waals surface area contributed by atoms with Crippen LogP contribution < -0.4 is 9.64 Å². The number of nitrogens with one attached hydrogen (secondary N) is 1. The molecular weight excluding hydrogens is 486 g/mol. The predicted molar refractivity (Wildman–Crippen MR) is 143 cm³/mol. The molecule has 0 aliphatic carbocycles. The Labute approximate surface area is 217 Å². The molecule has 0 unspecified atom stereocenters. The lowest BCUT2D eigenvalue weighted by molar-refractivity contribution is -0.121. The Kier molecular flexibility index (Phi) is 5.86. The molecule has 182 valence electrons. The number of para-hydroxylation sites is 2. The van der Waals surface area contributed by atoms with Crippen molar-refractivity contribution < 1.29 is 19.1 Å². The maximum Gasteiger partial charge on any atom is 0.338 e. The number of carbonyl (C=O) groups excluding carboxylic acids is 2.